The van der Waals surface area contributed by atoms with E-state index in [0.29, 0.717) is 12.1 Å². The third-order valence-electron chi connectivity index (χ3n) is 3.15. The summed E-state index contributed by atoms with van der Waals surface area (Å²) in [4.78, 5) is 4.52. The van der Waals surface area contributed by atoms with E-state index < -0.39 is 0 Å². The molecule has 1 fully saturated rings. The van der Waals surface area contributed by atoms with Gasteiger partial charge in [-0.3, -0.25) is 4.98 Å². The molecule has 0 bridgehead atoms. The van der Waals surface area contributed by atoms with Crippen molar-refractivity contribution < 1.29 is 0 Å². The number of hydrogen-bond donors (Lipinski definition) is 1. The number of nitrogens with zero attached hydrogens (tertiary/aromatic N) is 1. The van der Waals surface area contributed by atoms with Crippen molar-refractivity contribution in [2.75, 3.05) is 23.0 Å². The van der Waals surface area contributed by atoms with Gasteiger partial charge in [-0.2, -0.15) is 23.5 Å². The molecule has 0 aromatic carbocycles. The molecule has 1 aromatic rings. The van der Waals surface area contributed by atoms with Crippen molar-refractivity contribution >= 4 is 23.5 Å². The van der Waals surface area contributed by atoms with Crippen molar-refractivity contribution in [3.63, 3.8) is 0 Å². The Hall–Kier alpha value is -0.190. The van der Waals surface area contributed by atoms with Gasteiger partial charge in [0.25, 0.3) is 0 Å². The molecule has 1 aromatic heterocycles. The minimum Gasteiger partial charge on any atom is -0.304 e. The predicted molar refractivity (Wildman–Crippen MR) is 83.6 cm³/mol. The van der Waals surface area contributed by atoms with E-state index in [4.69, 9.17) is 0 Å². The van der Waals surface area contributed by atoms with E-state index in [-0.39, 0.29) is 0 Å². The Labute approximate surface area is 119 Å². The standard InChI is InChI=1S/C14H22N2S2/c1-3-13(14-8-11(2)4-5-15-14)16-12-9-17-6-7-18-10-12/h4-5,8,12-13,16H,3,6-7,9-10H2,1-2H3. The summed E-state index contributed by atoms with van der Waals surface area (Å²) in [6, 6.07) is 5.29. The van der Waals surface area contributed by atoms with E-state index in [1.807, 2.05) is 6.20 Å². The van der Waals surface area contributed by atoms with Crippen LogP contribution in [0.25, 0.3) is 0 Å². The van der Waals surface area contributed by atoms with E-state index in [9.17, 15) is 0 Å². The van der Waals surface area contributed by atoms with Crippen molar-refractivity contribution in [1.29, 1.82) is 0 Å². The maximum atomic E-state index is 4.52. The van der Waals surface area contributed by atoms with Crippen LogP contribution in [-0.2, 0) is 0 Å². The Kier molecular flexibility index (Phi) is 5.86. The first-order valence-electron chi connectivity index (χ1n) is 6.63. The molecule has 1 saturated heterocycles. The van der Waals surface area contributed by atoms with Gasteiger partial charge in [0.05, 0.1) is 5.69 Å². The fourth-order valence-electron chi connectivity index (χ4n) is 2.16. The number of hydrogen-bond acceptors (Lipinski definition) is 4. The molecule has 2 nitrogen and oxygen atoms in total. The van der Waals surface area contributed by atoms with Gasteiger partial charge in [-0.25, -0.2) is 0 Å². The molecule has 0 radical (unpaired) electrons. The monoisotopic (exact) mass is 282 g/mol. The number of aryl methyl sites for hydroxylation is 1. The van der Waals surface area contributed by atoms with Crippen molar-refractivity contribution in [2.24, 2.45) is 0 Å². The zero-order chi connectivity index (χ0) is 12.8. The lowest BCUT2D eigenvalue weighted by atomic mass is 10.1. The van der Waals surface area contributed by atoms with Crippen LogP contribution >= 0.6 is 23.5 Å². The highest BCUT2D eigenvalue weighted by Gasteiger charge is 2.18. The molecule has 0 spiro atoms. The molecule has 1 atom stereocenters. The summed E-state index contributed by atoms with van der Waals surface area (Å²) in [6.07, 6.45) is 3.02. The zero-order valence-electron chi connectivity index (χ0n) is 11.2. The van der Waals surface area contributed by atoms with Crippen molar-refractivity contribution in [3.8, 4) is 0 Å². The van der Waals surface area contributed by atoms with Crippen LogP contribution in [0.1, 0.15) is 30.6 Å². The Balaban J connectivity index is 1.99. The molecule has 1 N–H and O–H groups in total. The van der Waals surface area contributed by atoms with Gasteiger partial charge in [0.1, 0.15) is 0 Å². The van der Waals surface area contributed by atoms with Crippen LogP contribution in [0.4, 0.5) is 0 Å². The Morgan fingerprint density at radius 2 is 2.11 bits per heavy atom. The molecule has 2 rings (SSSR count). The molecule has 4 heteroatoms. The maximum Gasteiger partial charge on any atom is 0.0575 e. The van der Waals surface area contributed by atoms with Crippen LogP contribution in [0.3, 0.4) is 0 Å². The summed E-state index contributed by atoms with van der Waals surface area (Å²) >= 11 is 4.14. The zero-order valence-corrected chi connectivity index (χ0v) is 12.8. The first-order valence-corrected chi connectivity index (χ1v) is 8.94. The number of pyridine rings is 1. The highest BCUT2D eigenvalue weighted by molar-refractivity contribution is 8.03. The van der Waals surface area contributed by atoms with Crippen LogP contribution < -0.4 is 5.32 Å². The minimum absolute atomic E-state index is 0.397. The smallest absolute Gasteiger partial charge is 0.0575 e. The van der Waals surface area contributed by atoms with Crippen LogP contribution in [0.15, 0.2) is 18.3 Å². The van der Waals surface area contributed by atoms with Crippen molar-refractivity contribution in [1.82, 2.24) is 10.3 Å². The quantitative estimate of drug-likeness (QED) is 0.916. The van der Waals surface area contributed by atoms with Crippen molar-refractivity contribution in [2.45, 2.75) is 32.4 Å². The van der Waals surface area contributed by atoms with E-state index in [2.05, 4.69) is 59.8 Å². The summed E-state index contributed by atoms with van der Waals surface area (Å²) in [5.41, 5.74) is 2.49. The van der Waals surface area contributed by atoms with E-state index in [1.165, 1.54) is 34.3 Å². The second-order valence-electron chi connectivity index (χ2n) is 4.73. The third kappa shape index (κ3) is 4.18. The Morgan fingerprint density at radius 3 is 2.72 bits per heavy atom. The summed E-state index contributed by atoms with van der Waals surface area (Å²) in [5, 5.41) is 3.78. The molecule has 1 aliphatic rings. The lowest BCUT2D eigenvalue weighted by Crippen LogP contribution is -2.36. The molecule has 0 amide bonds. The lowest BCUT2D eigenvalue weighted by molar-refractivity contribution is 0.465. The molecule has 100 valence electrons. The highest BCUT2D eigenvalue weighted by Crippen LogP contribution is 2.21. The van der Waals surface area contributed by atoms with E-state index >= 15 is 0 Å². The molecule has 0 aliphatic carbocycles. The minimum atomic E-state index is 0.397. The Morgan fingerprint density at radius 1 is 1.39 bits per heavy atom. The topological polar surface area (TPSA) is 24.9 Å². The lowest BCUT2D eigenvalue weighted by Gasteiger charge is -2.23. The number of rotatable bonds is 4. The molecule has 0 saturated carbocycles. The highest BCUT2D eigenvalue weighted by atomic mass is 32.2. The summed E-state index contributed by atoms with van der Waals surface area (Å²) in [6.45, 7) is 4.37. The Bertz CT molecular complexity index is 363. The van der Waals surface area contributed by atoms with Crippen molar-refractivity contribution in [3.05, 3.63) is 29.6 Å². The first kappa shape index (κ1) is 14.2. The van der Waals surface area contributed by atoms with Gasteiger partial charge in [-0.05, 0) is 31.0 Å². The van der Waals surface area contributed by atoms with Gasteiger partial charge in [0.2, 0.25) is 0 Å². The van der Waals surface area contributed by atoms with Crippen LogP contribution in [0.5, 0.6) is 0 Å². The fraction of sp³-hybridized carbons (Fsp3) is 0.643. The van der Waals surface area contributed by atoms with Gasteiger partial charge >= 0.3 is 0 Å². The normalized spacial score (nSPS) is 19.4. The fourth-order valence-corrected chi connectivity index (χ4v) is 4.58. The van der Waals surface area contributed by atoms with Gasteiger partial charge in [0.15, 0.2) is 0 Å². The first-order chi connectivity index (χ1) is 8.79. The van der Waals surface area contributed by atoms with Crippen LogP contribution in [0.2, 0.25) is 0 Å². The summed E-state index contributed by atoms with van der Waals surface area (Å²) in [7, 11) is 0. The van der Waals surface area contributed by atoms with Gasteiger partial charge in [-0.1, -0.05) is 6.92 Å². The molecular formula is C14H22N2S2. The van der Waals surface area contributed by atoms with Gasteiger partial charge < -0.3 is 5.32 Å². The van der Waals surface area contributed by atoms with Gasteiger partial charge in [0, 0.05) is 41.3 Å². The largest absolute Gasteiger partial charge is 0.304 e. The predicted octanol–water partition coefficient (Wildman–Crippen LogP) is 3.28. The maximum absolute atomic E-state index is 4.52. The second-order valence-corrected chi connectivity index (χ2v) is 7.03. The van der Waals surface area contributed by atoms with E-state index in [0.717, 1.165) is 6.42 Å². The van der Waals surface area contributed by atoms with Crippen LogP contribution in [0, 0.1) is 6.92 Å². The molecule has 1 aliphatic heterocycles. The number of nitrogens with one attached hydrogen (secondary N) is 1. The molecule has 18 heavy (non-hydrogen) atoms. The van der Waals surface area contributed by atoms with Gasteiger partial charge in [-0.15, -0.1) is 0 Å². The second kappa shape index (κ2) is 7.41. The SMILES string of the molecule is CCC(NC1CSCCSC1)c1cc(C)ccn1. The third-order valence-corrected chi connectivity index (χ3v) is 5.67. The van der Waals surface area contributed by atoms with E-state index in [1.54, 1.807) is 0 Å². The molecule has 2 heterocycles. The summed E-state index contributed by atoms with van der Waals surface area (Å²) in [5.74, 6) is 5.05. The molecule has 1 unspecified atom stereocenters. The number of thioether (sulfide) groups is 2. The average Bonchev–Trinajstić information content (AvgIpc) is 2.64. The number of aromatic nitrogens is 1. The van der Waals surface area contributed by atoms with Crippen LogP contribution in [-0.4, -0.2) is 34.0 Å². The summed E-state index contributed by atoms with van der Waals surface area (Å²) < 4.78 is 0. The molecular weight excluding hydrogens is 260 g/mol. The average molecular weight is 282 g/mol.